The van der Waals surface area contributed by atoms with Gasteiger partial charge in [-0.3, -0.25) is 4.79 Å². The molecule has 0 spiro atoms. The van der Waals surface area contributed by atoms with Crippen LogP contribution < -0.4 is 0 Å². The van der Waals surface area contributed by atoms with Crippen molar-refractivity contribution in [1.29, 1.82) is 0 Å². The molecule has 2 unspecified atom stereocenters. The second-order valence-corrected chi connectivity index (χ2v) is 6.83. The lowest BCUT2D eigenvalue weighted by molar-refractivity contribution is -0.154. The van der Waals surface area contributed by atoms with E-state index in [4.69, 9.17) is 39.5 Å². The molecule has 1 amide bonds. The maximum Gasteiger partial charge on any atom is 0.329 e. The summed E-state index contributed by atoms with van der Waals surface area (Å²) in [7, 11) is 0. The molecule has 1 heterocycles. The van der Waals surface area contributed by atoms with Crippen LogP contribution in [-0.4, -0.2) is 36.0 Å². The molecule has 0 saturated carbocycles. The summed E-state index contributed by atoms with van der Waals surface area (Å²) < 4.78 is 5.09. The first-order valence-electron chi connectivity index (χ1n) is 7.44. The van der Waals surface area contributed by atoms with E-state index in [-0.39, 0.29) is 24.2 Å². The highest BCUT2D eigenvalue weighted by molar-refractivity contribution is 6.39. The second-order valence-electron chi connectivity index (χ2n) is 5.57. The summed E-state index contributed by atoms with van der Waals surface area (Å²) in [5.41, 5.74) is 0.518. The number of nitrogens with zero attached hydrogens (tertiary/aromatic N) is 1. The number of hydrogen-bond donors (Lipinski definition) is 0. The standard InChI is InChI=1S/C16H18Cl3NO3/c1-3-23-16(22)15-9(2)4-5-20(15)14(21)8-11-12(18)6-10(17)7-13(11)19/h6-7,9,15H,3-5,8H2,1-2H3. The fourth-order valence-corrected chi connectivity index (χ4v) is 3.76. The number of amides is 1. The molecule has 2 atom stereocenters. The SMILES string of the molecule is CCOC(=O)C1C(C)CCN1C(=O)Cc1c(Cl)cc(Cl)cc1Cl. The van der Waals surface area contributed by atoms with Crippen LogP contribution in [0.5, 0.6) is 0 Å². The Morgan fingerprint density at radius 1 is 1.26 bits per heavy atom. The summed E-state index contributed by atoms with van der Waals surface area (Å²) in [4.78, 5) is 26.3. The summed E-state index contributed by atoms with van der Waals surface area (Å²) in [5, 5.41) is 1.10. The van der Waals surface area contributed by atoms with E-state index in [1.54, 1.807) is 24.0 Å². The van der Waals surface area contributed by atoms with Crippen LogP contribution in [0.25, 0.3) is 0 Å². The number of carbonyl (C=O) groups is 2. The van der Waals surface area contributed by atoms with Gasteiger partial charge >= 0.3 is 5.97 Å². The number of carbonyl (C=O) groups excluding carboxylic acids is 2. The molecular formula is C16H18Cl3NO3. The van der Waals surface area contributed by atoms with Gasteiger partial charge in [-0.15, -0.1) is 0 Å². The minimum absolute atomic E-state index is 0.0253. The highest BCUT2D eigenvalue weighted by Gasteiger charge is 2.40. The van der Waals surface area contributed by atoms with Crippen molar-refractivity contribution in [2.24, 2.45) is 5.92 Å². The van der Waals surface area contributed by atoms with Gasteiger partial charge in [0.05, 0.1) is 13.0 Å². The van der Waals surface area contributed by atoms with Crippen molar-refractivity contribution in [3.63, 3.8) is 0 Å². The lowest BCUT2D eigenvalue weighted by Crippen LogP contribution is -2.44. The van der Waals surface area contributed by atoms with Gasteiger partial charge in [-0.1, -0.05) is 41.7 Å². The summed E-state index contributed by atoms with van der Waals surface area (Å²) in [6.45, 7) is 4.50. The molecule has 1 saturated heterocycles. The zero-order valence-electron chi connectivity index (χ0n) is 12.9. The zero-order chi connectivity index (χ0) is 17.1. The molecular weight excluding hydrogens is 361 g/mol. The molecule has 0 bridgehead atoms. The van der Waals surface area contributed by atoms with Crippen LogP contribution in [0.1, 0.15) is 25.8 Å². The van der Waals surface area contributed by atoms with E-state index in [1.807, 2.05) is 6.92 Å². The molecule has 1 aliphatic heterocycles. The smallest absolute Gasteiger partial charge is 0.329 e. The molecule has 4 nitrogen and oxygen atoms in total. The second kappa shape index (κ2) is 7.73. The molecule has 1 fully saturated rings. The zero-order valence-corrected chi connectivity index (χ0v) is 15.2. The van der Waals surface area contributed by atoms with Gasteiger partial charge in [0.25, 0.3) is 0 Å². The van der Waals surface area contributed by atoms with E-state index in [1.165, 1.54) is 0 Å². The Bertz CT molecular complexity index is 598. The highest BCUT2D eigenvalue weighted by Crippen LogP contribution is 2.31. The van der Waals surface area contributed by atoms with E-state index in [2.05, 4.69) is 0 Å². The maximum atomic E-state index is 12.6. The van der Waals surface area contributed by atoms with Gasteiger partial charge in [-0.05, 0) is 37.0 Å². The minimum atomic E-state index is -0.549. The Labute approximate surface area is 150 Å². The van der Waals surface area contributed by atoms with Gasteiger partial charge in [0.2, 0.25) is 5.91 Å². The minimum Gasteiger partial charge on any atom is -0.464 e. The summed E-state index contributed by atoms with van der Waals surface area (Å²) in [5.74, 6) is -0.494. The molecule has 2 rings (SSSR count). The summed E-state index contributed by atoms with van der Waals surface area (Å²) >= 11 is 18.1. The average molecular weight is 379 g/mol. The number of esters is 1. The Balaban J connectivity index is 2.18. The Hall–Kier alpha value is -0.970. The predicted molar refractivity (Wildman–Crippen MR) is 91.1 cm³/mol. The highest BCUT2D eigenvalue weighted by atomic mass is 35.5. The van der Waals surface area contributed by atoms with E-state index in [0.717, 1.165) is 6.42 Å². The molecule has 23 heavy (non-hydrogen) atoms. The first kappa shape index (κ1) is 18.4. The van der Waals surface area contributed by atoms with Crippen LogP contribution in [-0.2, 0) is 20.7 Å². The quantitative estimate of drug-likeness (QED) is 0.744. The molecule has 7 heteroatoms. The Kier molecular flexibility index (Phi) is 6.18. The van der Waals surface area contributed by atoms with Crippen LogP contribution in [0.15, 0.2) is 12.1 Å². The number of rotatable bonds is 4. The first-order chi connectivity index (χ1) is 10.8. The van der Waals surface area contributed by atoms with E-state index < -0.39 is 6.04 Å². The van der Waals surface area contributed by atoms with Gasteiger partial charge in [0.15, 0.2) is 0 Å². The number of ether oxygens (including phenoxy) is 1. The van der Waals surface area contributed by atoms with Gasteiger partial charge in [0.1, 0.15) is 6.04 Å². The third-order valence-corrected chi connectivity index (χ3v) is 4.88. The van der Waals surface area contributed by atoms with Crippen molar-refractivity contribution < 1.29 is 14.3 Å². The molecule has 0 aromatic heterocycles. The van der Waals surface area contributed by atoms with Crippen molar-refractivity contribution in [2.45, 2.75) is 32.7 Å². The van der Waals surface area contributed by atoms with Gasteiger partial charge in [-0.25, -0.2) is 4.79 Å². The van der Waals surface area contributed by atoms with Crippen molar-refractivity contribution in [3.8, 4) is 0 Å². The van der Waals surface area contributed by atoms with Crippen molar-refractivity contribution in [1.82, 2.24) is 4.90 Å². The van der Waals surface area contributed by atoms with Gasteiger partial charge in [0, 0.05) is 21.6 Å². The molecule has 1 aromatic carbocycles. The number of likely N-dealkylation sites (tertiary alicyclic amines) is 1. The largest absolute Gasteiger partial charge is 0.464 e. The fourth-order valence-electron chi connectivity index (χ4n) is 2.81. The lowest BCUT2D eigenvalue weighted by Gasteiger charge is -2.25. The predicted octanol–water partition coefficient (Wildman–Crippen LogP) is 3.99. The van der Waals surface area contributed by atoms with Crippen LogP contribution in [0.2, 0.25) is 15.1 Å². The molecule has 0 aliphatic carbocycles. The molecule has 1 aliphatic rings. The van der Waals surface area contributed by atoms with Crippen LogP contribution in [0.3, 0.4) is 0 Å². The number of hydrogen-bond acceptors (Lipinski definition) is 3. The van der Waals surface area contributed by atoms with Crippen LogP contribution >= 0.6 is 34.8 Å². The van der Waals surface area contributed by atoms with Crippen molar-refractivity contribution in [3.05, 3.63) is 32.8 Å². The normalized spacial score (nSPS) is 20.7. The Morgan fingerprint density at radius 3 is 2.43 bits per heavy atom. The number of halogens is 3. The summed E-state index contributed by atoms with van der Waals surface area (Å²) in [6.07, 6.45) is 0.786. The lowest BCUT2D eigenvalue weighted by atomic mass is 10.0. The molecule has 1 aromatic rings. The van der Waals surface area contributed by atoms with Crippen molar-refractivity contribution in [2.75, 3.05) is 13.2 Å². The van der Waals surface area contributed by atoms with Gasteiger partial charge < -0.3 is 9.64 Å². The maximum absolute atomic E-state index is 12.6. The Morgan fingerprint density at radius 2 is 1.87 bits per heavy atom. The third kappa shape index (κ3) is 4.11. The fraction of sp³-hybridized carbons (Fsp3) is 0.500. The monoisotopic (exact) mass is 377 g/mol. The summed E-state index contributed by atoms with van der Waals surface area (Å²) in [6, 6.07) is 2.55. The van der Waals surface area contributed by atoms with Gasteiger partial charge in [-0.2, -0.15) is 0 Å². The van der Waals surface area contributed by atoms with E-state index >= 15 is 0 Å². The average Bonchev–Trinajstić information content (AvgIpc) is 2.84. The van der Waals surface area contributed by atoms with E-state index in [9.17, 15) is 9.59 Å². The van der Waals surface area contributed by atoms with E-state index in [0.29, 0.717) is 33.8 Å². The molecule has 0 N–H and O–H groups in total. The van der Waals surface area contributed by atoms with Crippen molar-refractivity contribution >= 4 is 46.7 Å². The molecule has 0 radical (unpaired) electrons. The molecule has 126 valence electrons. The van der Waals surface area contributed by atoms with Crippen LogP contribution in [0.4, 0.5) is 0 Å². The van der Waals surface area contributed by atoms with Crippen LogP contribution in [0, 0.1) is 5.92 Å². The number of benzene rings is 1. The topological polar surface area (TPSA) is 46.6 Å². The third-order valence-electron chi connectivity index (χ3n) is 3.98. The first-order valence-corrected chi connectivity index (χ1v) is 8.58.